The van der Waals surface area contributed by atoms with Crippen LogP contribution >= 0.6 is 0 Å². The summed E-state index contributed by atoms with van der Waals surface area (Å²) < 4.78 is 38.8. The summed E-state index contributed by atoms with van der Waals surface area (Å²) in [5, 5.41) is 0.811. The van der Waals surface area contributed by atoms with Gasteiger partial charge in [-0.15, -0.1) is 0 Å². The Labute approximate surface area is 261 Å². The summed E-state index contributed by atoms with van der Waals surface area (Å²) in [6.45, 7) is 0.302. The minimum atomic E-state index is -3.91. The first-order valence-corrected chi connectivity index (χ1v) is 15.8. The van der Waals surface area contributed by atoms with Crippen molar-refractivity contribution < 1.29 is 22.7 Å². The lowest BCUT2D eigenvalue weighted by Gasteiger charge is -2.22. The molecule has 45 heavy (non-hydrogen) atoms. The van der Waals surface area contributed by atoms with Gasteiger partial charge in [-0.2, -0.15) is 4.31 Å². The van der Waals surface area contributed by atoms with Crippen LogP contribution in [0.15, 0.2) is 102 Å². The van der Waals surface area contributed by atoms with E-state index in [-0.39, 0.29) is 18.0 Å². The lowest BCUT2D eigenvalue weighted by atomic mass is 10.1. The average Bonchev–Trinajstić information content (AvgIpc) is 3.58. The largest absolute Gasteiger partial charge is 0.497 e. The van der Waals surface area contributed by atoms with Crippen molar-refractivity contribution in [2.24, 2.45) is 0 Å². The molecule has 3 aromatic carbocycles. The van der Waals surface area contributed by atoms with E-state index in [1.807, 2.05) is 36.4 Å². The van der Waals surface area contributed by atoms with Crippen LogP contribution in [0.1, 0.15) is 29.5 Å². The van der Waals surface area contributed by atoms with Gasteiger partial charge in [0.2, 0.25) is 10.0 Å². The first-order chi connectivity index (χ1) is 21.8. The molecular weight excluding hydrogens is 588 g/mol. The van der Waals surface area contributed by atoms with Gasteiger partial charge in [0.05, 0.1) is 23.2 Å². The van der Waals surface area contributed by atoms with E-state index >= 15 is 0 Å². The molecule has 2 aromatic heterocycles. The van der Waals surface area contributed by atoms with Crippen molar-refractivity contribution in [3.05, 3.63) is 114 Å². The summed E-state index contributed by atoms with van der Waals surface area (Å²) in [7, 11) is -2.33. The standard InChI is InChI=1S/C35H30N4O5S/c1-43-28-14-8-26(9-15-28)23-44-35(40)34-3-2-20-39(34)45(41,42)29-16-10-25(11-17-29)5-4-24-6-12-27(13-7-24)33-21-31(36)30-22-37-19-18-32(30)38-33/h6-19,21-22,34H,2-3,20,23H2,1H3,(H2,36,38)/t34-/m1/s1. The maximum atomic E-state index is 13.5. The monoisotopic (exact) mass is 618 g/mol. The maximum Gasteiger partial charge on any atom is 0.324 e. The van der Waals surface area contributed by atoms with Crippen LogP contribution in [0, 0.1) is 11.8 Å². The van der Waals surface area contributed by atoms with Crippen LogP contribution in [0.25, 0.3) is 22.2 Å². The molecule has 5 aromatic rings. The van der Waals surface area contributed by atoms with Crippen LogP contribution in [0.3, 0.4) is 0 Å². The van der Waals surface area contributed by atoms with Crippen molar-refractivity contribution in [2.75, 3.05) is 19.4 Å². The van der Waals surface area contributed by atoms with Crippen LogP contribution in [0.2, 0.25) is 0 Å². The first kappa shape index (κ1) is 29.8. The van der Waals surface area contributed by atoms with E-state index in [9.17, 15) is 13.2 Å². The minimum absolute atomic E-state index is 0.0518. The number of hydrogen-bond donors (Lipinski definition) is 1. The Kier molecular flexibility index (Phi) is 8.47. The Morgan fingerprint density at radius 1 is 0.978 bits per heavy atom. The molecule has 0 saturated carbocycles. The number of carbonyl (C=O) groups excluding carboxylic acids is 1. The van der Waals surface area contributed by atoms with Gasteiger partial charge in [0.1, 0.15) is 18.4 Å². The van der Waals surface area contributed by atoms with Crippen molar-refractivity contribution in [2.45, 2.75) is 30.4 Å². The van der Waals surface area contributed by atoms with Gasteiger partial charge >= 0.3 is 5.97 Å². The van der Waals surface area contributed by atoms with Crippen molar-refractivity contribution in [3.8, 4) is 28.8 Å². The number of nitrogens with zero attached hydrogens (tertiary/aromatic N) is 3. The van der Waals surface area contributed by atoms with Crippen LogP contribution in [0.5, 0.6) is 5.75 Å². The number of esters is 1. The topological polar surface area (TPSA) is 125 Å². The van der Waals surface area contributed by atoms with Crippen molar-refractivity contribution in [3.63, 3.8) is 0 Å². The molecule has 0 amide bonds. The van der Waals surface area contributed by atoms with E-state index in [2.05, 4.69) is 21.8 Å². The molecule has 3 heterocycles. The molecule has 0 aliphatic carbocycles. The summed E-state index contributed by atoms with van der Waals surface area (Å²) >= 11 is 0. The highest BCUT2D eigenvalue weighted by atomic mass is 32.2. The Bertz CT molecular complexity index is 2020. The van der Waals surface area contributed by atoms with Gasteiger partial charge in [-0.05, 0) is 79.1 Å². The smallest absolute Gasteiger partial charge is 0.324 e. The number of methoxy groups -OCH3 is 1. The number of ether oxygens (including phenoxy) is 2. The third-order valence-electron chi connectivity index (χ3n) is 7.65. The predicted molar refractivity (Wildman–Crippen MR) is 172 cm³/mol. The fraction of sp³-hybridized carbons (Fsp3) is 0.171. The van der Waals surface area contributed by atoms with Crippen molar-refractivity contribution >= 4 is 32.6 Å². The highest BCUT2D eigenvalue weighted by Crippen LogP contribution is 2.28. The molecule has 0 radical (unpaired) electrons. The zero-order chi connectivity index (χ0) is 31.4. The number of carbonyl (C=O) groups is 1. The average molecular weight is 619 g/mol. The lowest BCUT2D eigenvalue weighted by molar-refractivity contribution is -0.148. The molecule has 1 aliphatic heterocycles. The normalized spacial score (nSPS) is 14.9. The quantitative estimate of drug-likeness (QED) is 0.195. The van der Waals surface area contributed by atoms with Crippen molar-refractivity contribution in [1.29, 1.82) is 0 Å². The van der Waals surface area contributed by atoms with E-state index in [1.54, 1.807) is 55.9 Å². The van der Waals surface area contributed by atoms with Gasteiger partial charge < -0.3 is 15.2 Å². The van der Waals surface area contributed by atoms with E-state index in [0.29, 0.717) is 29.8 Å². The Balaban J connectivity index is 1.11. The maximum absolute atomic E-state index is 13.5. The second-order valence-electron chi connectivity index (χ2n) is 10.6. The molecule has 1 fully saturated rings. The summed E-state index contributed by atoms with van der Waals surface area (Å²) in [5.41, 5.74) is 11.5. The molecule has 1 saturated heterocycles. The molecule has 226 valence electrons. The van der Waals surface area contributed by atoms with Gasteiger partial charge in [-0.3, -0.25) is 9.78 Å². The van der Waals surface area contributed by atoms with E-state index in [4.69, 9.17) is 15.2 Å². The van der Waals surface area contributed by atoms with Gasteiger partial charge in [-0.25, -0.2) is 13.4 Å². The number of hydrogen-bond acceptors (Lipinski definition) is 8. The molecule has 0 unspecified atom stereocenters. The lowest BCUT2D eigenvalue weighted by Crippen LogP contribution is -2.41. The molecule has 6 rings (SSSR count). The zero-order valence-corrected chi connectivity index (χ0v) is 25.3. The molecule has 10 heteroatoms. The molecule has 2 N–H and O–H groups in total. The predicted octanol–water partition coefficient (Wildman–Crippen LogP) is 5.18. The van der Waals surface area contributed by atoms with E-state index in [1.165, 1.54) is 16.4 Å². The molecule has 0 bridgehead atoms. The zero-order valence-electron chi connectivity index (χ0n) is 24.5. The number of anilines is 1. The third-order valence-corrected chi connectivity index (χ3v) is 9.57. The molecule has 1 aliphatic rings. The molecular formula is C35H30N4O5S. The molecule has 9 nitrogen and oxygen atoms in total. The van der Waals surface area contributed by atoms with Crippen LogP contribution in [0.4, 0.5) is 5.69 Å². The minimum Gasteiger partial charge on any atom is -0.497 e. The van der Waals surface area contributed by atoms with E-state index in [0.717, 1.165) is 33.3 Å². The number of rotatable bonds is 7. The second-order valence-corrected chi connectivity index (χ2v) is 12.5. The Hall–Kier alpha value is -5.24. The molecule has 0 spiro atoms. The van der Waals surface area contributed by atoms with Crippen LogP contribution in [-0.2, 0) is 26.2 Å². The second kappa shape index (κ2) is 12.8. The number of aromatic nitrogens is 2. The first-order valence-electron chi connectivity index (χ1n) is 14.4. The number of nitrogens with two attached hydrogens (primary N) is 1. The number of pyridine rings is 2. The van der Waals surface area contributed by atoms with Gasteiger partial charge in [0.15, 0.2) is 0 Å². The number of fused-ring (bicyclic) bond motifs is 1. The summed E-state index contributed by atoms with van der Waals surface area (Å²) in [4.78, 5) is 21.8. The Morgan fingerprint density at radius 2 is 1.67 bits per heavy atom. The number of benzene rings is 3. The Morgan fingerprint density at radius 3 is 2.36 bits per heavy atom. The summed E-state index contributed by atoms with van der Waals surface area (Å²) in [5.74, 6) is 6.34. The highest BCUT2D eigenvalue weighted by Gasteiger charge is 2.40. The summed E-state index contributed by atoms with van der Waals surface area (Å²) in [6.07, 6.45) is 4.37. The number of nitrogen functional groups attached to an aromatic ring is 1. The SMILES string of the molecule is COc1ccc(COC(=O)[C@H]2CCCN2S(=O)(=O)c2ccc(C#Cc3ccc(-c4cc(N)c5cnccc5n4)cc3)cc2)cc1. The molecule has 1 atom stereocenters. The van der Waals surface area contributed by atoms with Gasteiger partial charge in [0, 0.05) is 46.7 Å². The van der Waals surface area contributed by atoms with Crippen LogP contribution in [-0.4, -0.2) is 48.4 Å². The highest BCUT2D eigenvalue weighted by molar-refractivity contribution is 7.89. The van der Waals surface area contributed by atoms with Gasteiger partial charge in [0.25, 0.3) is 0 Å². The van der Waals surface area contributed by atoms with Gasteiger partial charge in [-0.1, -0.05) is 36.1 Å². The fourth-order valence-corrected chi connectivity index (χ4v) is 6.84. The van der Waals surface area contributed by atoms with Crippen molar-refractivity contribution in [1.82, 2.24) is 14.3 Å². The van der Waals surface area contributed by atoms with E-state index < -0.39 is 22.0 Å². The third kappa shape index (κ3) is 6.50. The van der Waals surface area contributed by atoms with Crippen LogP contribution < -0.4 is 10.5 Å². The fourth-order valence-electron chi connectivity index (χ4n) is 5.19. The summed E-state index contributed by atoms with van der Waals surface area (Å²) in [6, 6.07) is 24.0. The number of sulfonamides is 1.